The Kier molecular flexibility index (Phi) is 8.03. The van der Waals surface area contributed by atoms with E-state index in [9.17, 15) is 0 Å². The first-order valence-corrected chi connectivity index (χ1v) is 8.43. The molecule has 3 nitrogen and oxygen atoms in total. The van der Waals surface area contributed by atoms with Crippen LogP contribution in [0.1, 0.15) is 0 Å². The minimum atomic E-state index is 0. The maximum atomic E-state index is 4.37. The van der Waals surface area contributed by atoms with Gasteiger partial charge in [0.15, 0.2) is 0 Å². The molecule has 27 heavy (non-hydrogen) atoms. The maximum Gasteiger partial charge on any atom is 0.0160 e. The second-order valence-electron chi connectivity index (χ2n) is 5.59. The molecule has 0 saturated heterocycles. The SMILES string of the molecule is C[N-]c1ccccc1[N-]C.[Pt].[c-]1ccc2ccccc2c1-c1ccccn1. The molecule has 0 aliphatic heterocycles. The molecule has 1 heterocycles. The van der Waals surface area contributed by atoms with Crippen molar-refractivity contribution in [2.24, 2.45) is 0 Å². The van der Waals surface area contributed by atoms with Crippen LogP contribution in [0.3, 0.4) is 0 Å². The van der Waals surface area contributed by atoms with E-state index in [1.54, 1.807) is 14.1 Å². The van der Waals surface area contributed by atoms with E-state index < -0.39 is 0 Å². The van der Waals surface area contributed by atoms with Crippen LogP contribution in [0, 0.1) is 6.07 Å². The third-order valence-electron chi connectivity index (χ3n) is 4.01. The van der Waals surface area contributed by atoms with Gasteiger partial charge in [0.05, 0.1) is 0 Å². The number of rotatable bonds is 3. The molecule has 0 amide bonds. The number of para-hydroxylation sites is 2. The van der Waals surface area contributed by atoms with Crippen molar-refractivity contribution < 1.29 is 21.1 Å². The smallest absolute Gasteiger partial charge is 0.0160 e. The second-order valence-corrected chi connectivity index (χ2v) is 5.59. The topological polar surface area (TPSA) is 41.1 Å². The molecule has 0 unspecified atom stereocenters. The Morgan fingerprint density at radius 2 is 1.37 bits per heavy atom. The number of fused-ring (bicyclic) bond motifs is 1. The summed E-state index contributed by atoms with van der Waals surface area (Å²) >= 11 is 0. The van der Waals surface area contributed by atoms with Crippen molar-refractivity contribution in [1.29, 1.82) is 0 Å². The summed E-state index contributed by atoms with van der Waals surface area (Å²) in [6, 6.07) is 29.3. The van der Waals surface area contributed by atoms with E-state index in [0.29, 0.717) is 0 Å². The average Bonchev–Trinajstić information content (AvgIpc) is 2.74. The Hall–Kier alpha value is -2.64. The van der Waals surface area contributed by atoms with Crippen LogP contribution >= 0.6 is 0 Å². The van der Waals surface area contributed by atoms with Gasteiger partial charge in [-0.25, -0.2) is 0 Å². The zero-order valence-electron chi connectivity index (χ0n) is 15.2. The standard InChI is InChI=1S/C15H10N.C8H10N2.Pt/c1-2-8-13-12(6-1)7-5-9-14(13)15-10-3-4-11-16-15;1-9-7-5-3-4-6-8(7)10-2;/h1-8,10-11H;3-6H,1-2H3;/q-1;-2;. The molecular formula is C23H20N3Pt-3. The van der Waals surface area contributed by atoms with E-state index in [0.717, 1.165) is 22.6 Å². The van der Waals surface area contributed by atoms with E-state index in [4.69, 9.17) is 0 Å². The van der Waals surface area contributed by atoms with Crippen LogP contribution in [0.15, 0.2) is 85.1 Å². The van der Waals surface area contributed by atoms with E-state index in [2.05, 4.69) is 39.9 Å². The molecule has 0 N–H and O–H groups in total. The molecule has 3 aromatic carbocycles. The average molecular weight is 534 g/mol. The van der Waals surface area contributed by atoms with E-state index >= 15 is 0 Å². The fourth-order valence-electron chi connectivity index (χ4n) is 2.73. The van der Waals surface area contributed by atoms with Crippen molar-refractivity contribution in [3.8, 4) is 11.3 Å². The molecule has 1 aromatic heterocycles. The molecule has 4 heteroatoms. The molecule has 0 atom stereocenters. The predicted octanol–water partition coefficient (Wildman–Crippen LogP) is 6.66. The van der Waals surface area contributed by atoms with Crippen LogP contribution in [0.25, 0.3) is 32.7 Å². The minimum Gasteiger partial charge on any atom is -0.688 e. The molecule has 0 saturated carbocycles. The van der Waals surface area contributed by atoms with Crippen molar-refractivity contribution in [3.63, 3.8) is 0 Å². The number of hydrogen-bond donors (Lipinski definition) is 0. The zero-order chi connectivity index (χ0) is 18.2. The first-order valence-electron chi connectivity index (χ1n) is 8.43. The number of benzene rings is 3. The fraction of sp³-hybridized carbons (Fsp3) is 0.0870. The van der Waals surface area contributed by atoms with Gasteiger partial charge in [0.25, 0.3) is 0 Å². The minimum absolute atomic E-state index is 0. The van der Waals surface area contributed by atoms with Gasteiger partial charge in [-0.2, -0.15) is 11.4 Å². The third-order valence-corrected chi connectivity index (χ3v) is 4.01. The molecule has 140 valence electrons. The zero-order valence-corrected chi connectivity index (χ0v) is 17.5. The number of pyridine rings is 1. The quantitative estimate of drug-likeness (QED) is 0.272. The number of aromatic nitrogens is 1. The summed E-state index contributed by atoms with van der Waals surface area (Å²) in [5, 5.41) is 10.5. The van der Waals surface area contributed by atoms with Gasteiger partial charge >= 0.3 is 0 Å². The monoisotopic (exact) mass is 533 g/mol. The van der Waals surface area contributed by atoms with Crippen molar-refractivity contribution >= 4 is 22.1 Å². The largest absolute Gasteiger partial charge is 0.688 e. The molecule has 0 fully saturated rings. The van der Waals surface area contributed by atoms with Crippen molar-refractivity contribution in [1.82, 2.24) is 4.98 Å². The summed E-state index contributed by atoms with van der Waals surface area (Å²) in [5.41, 5.74) is 3.94. The Bertz CT molecular complexity index is 943. The van der Waals surface area contributed by atoms with Crippen molar-refractivity contribution in [2.75, 3.05) is 14.1 Å². The van der Waals surface area contributed by atoms with Crippen LogP contribution in [0.2, 0.25) is 0 Å². The molecule has 0 bridgehead atoms. The van der Waals surface area contributed by atoms with Crippen LogP contribution in [-0.2, 0) is 21.1 Å². The molecule has 4 rings (SSSR count). The molecule has 4 aromatic rings. The van der Waals surface area contributed by atoms with E-state index in [-0.39, 0.29) is 21.1 Å². The number of hydrogen-bond acceptors (Lipinski definition) is 1. The Labute approximate surface area is 175 Å². The Morgan fingerprint density at radius 3 is 2.00 bits per heavy atom. The molecule has 0 spiro atoms. The summed E-state index contributed by atoms with van der Waals surface area (Å²) in [5.74, 6) is 0. The summed E-state index contributed by atoms with van der Waals surface area (Å²) < 4.78 is 0. The molecule has 0 aliphatic carbocycles. The van der Waals surface area contributed by atoms with Gasteiger partial charge in [-0.1, -0.05) is 66.0 Å². The molecule has 0 aliphatic rings. The third kappa shape index (κ3) is 5.18. The van der Waals surface area contributed by atoms with Crippen LogP contribution < -0.4 is 0 Å². The van der Waals surface area contributed by atoms with Crippen molar-refractivity contribution in [3.05, 3.63) is 102 Å². The van der Waals surface area contributed by atoms with E-state index in [1.807, 2.05) is 66.9 Å². The predicted molar refractivity (Wildman–Crippen MR) is 110 cm³/mol. The summed E-state index contributed by atoms with van der Waals surface area (Å²) in [6.07, 6.45) is 1.81. The van der Waals surface area contributed by atoms with Gasteiger partial charge in [-0.15, -0.1) is 43.2 Å². The van der Waals surface area contributed by atoms with Gasteiger partial charge in [-0.05, 0) is 11.8 Å². The van der Waals surface area contributed by atoms with Crippen molar-refractivity contribution in [2.45, 2.75) is 0 Å². The normalized spacial score (nSPS) is 9.56. The van der Waals surface area contributed by atoms with Gasteiger partial charge in [-0.3, -0.25) is 0 Å². The number of nitrogens with zero attached hydrogens (tertiary/aromatic N) is 3. The van der Waals surface area contributed by atoms with Gasteiger partial charge in [0.1, 0.15) is 0 Å². The fourth-order valence-corrected chi connectivity index (χ4v) is 2.73. The van der Waals surface area contributed by atoms with Crippen LogP contribution in [-0.4, -0.2) is 19.1 Å². The second kappa shape index (κ2) is 10.5. The van der Waals surface area contributed by atoms with Crippen LogP contribution in [0.4, 0.5) is 11.4 Å². The van der Waals surface area contributed by atoms with Gasteiger partial charge in [0, 0.05) is 27.3 Å². The van der Waals surface area contributed by atoms with Gasteiger partial charge < -0.3 is 15.6 Å². The summed E-state index contributed by atoms with van der Waals surface area (Å²) in [6.45, 7) is 0. The maximum absolute atomic E-state index is 4.37. The van der Waals surface area contributed by atoms with E-state index in [1.165, 1.54) is 10.8 Å². The van der Waals surface area contributed by atoms with Crippen LogP contribution in [0.5, 0.6) is 0 Å². The Balaban J connectivity index is 0.000000208. The first kappa shape index (κ1) is 20.7. The molecular weight excluding hydrogens is 513 g/mol. The van der Waals surface area contributed by atoms with Gasteiger partial charge in [0.2, 0.25) is 0 Å². The molecule has 0 radical (unpaired) electrons. The summed E-state index contributed by atoms with van der Waals surface area (Å²) in [7, 11) is 3.54. The first-order chi connectivity index (χ1) is 12.8. The Morgan fingerprint density at radius 1 is 0.741 bits per heavy atom. The summed E-state index contributed by atoms with van der Waals surface area (Å²) in [4.78, 5) is 4.37.